The molecule has 3 rings (SSSR count). The minimum atomic E-state index is -4.54. The average Bonchev–Trinajstić information content (AvgIpc) is 3.12. The highest BCUT2D eigenvalue weighted by atomic mass is 19.4. The number of benzene rings is 1. The second-order valence-electron chi connectivity index (χ2n) is 5.71. The fraction of sp³-hybridized carbons (Fsp3) is 0.278. The summed E-state index contributed by atoms with van der Waals surface area (Å²) in [6, 6.07) is 6.82. The standard InChI is InChI=1S/C18H17F3N4O2/c1-11(26-2)16-23-17(12-8-13(27-3)10-22-9-12)25(24-16)15-7-5-4-6-14(15)18(19,20)21/h4-11H,1-3H3. The van der Waals surface area contributed by atoms with E-state index in [0.717, 1.165) is 10.7 Å². The fourth-order valence-corrected chi connectivity index (χ4v) is 2.51. The van der Waals surface area contributed by atoms with Gasteiger partial charge in [0.05, 0.1) is 24.6 Å². The Morgan fingerprint density at radius 1 is 1.11 bits per heavy atom. The number of para-hydroxylation sites is 1. The van der Waals surface area contributed by atoms with Crippen LogP contribution in [0.15, 0.2) is 42.7 Å². The molecular weight excluding hydrogens is 361 g/mol. The molecule has 0 aliphatic heterocycles. The van der Waals surface area contributed by atoms with Gasteiger partial charge in [-0.15, -0.1) is 5.10 Å². The van der Waals surface area contributed by atoms with Crippen LogP contribution in [0.1, 0.15) is 24.4 Å². The number of alkyl halides is 3. The van der Waals surface area contributed by atoms with E-state index >= 15 is 0 Å². The molecule has 0 spiro atoms. The monoisotopic (exact) mass is 378 g/mol. The van der Waals surface area contributed by atoms with Gasteiger partial charge in [0.2, 0.25) is 0 Å². The average molecular weight is 378 g/mol. The van der Waals surface area contributed by atoms with Crippen molar-refractivity contribution in [2.75, 3.05) is 14.2 Å². The third-order valence-electron chi connectivity index (χ3n) is 3.99. The maximum absolute atomic E-state index is 13.5. The van der Waals surface area contributed by atoms with Crippen LogP contribution in [0.3, 0.4) is 0 Å². The summed E-state index contributed by atoms with van der Waals surface area (Å²) in [5.74, 6) is 0.914. The van der Waals surface area contributed by atoms with Crippen molar-refractivity contribution in [3.63, 3.8) is 0 Å². The second-order valence-corrected chi connectivity index (χ2v) is 5.71. The normalized spacial score (nSPS) is 12.8. The summed E-state index contributed by atoms with van der Waals surface area (Å²) in [5.41, 5.74) is -0.484. The van der Waals surface area contributed by atoms with Crippen molar-refractivity contribution < 1.29 is 22.6 Å². The largest absolute Gasteiger partial charge is 0.495 e. The van der Waals surface area contributed by atoms with Crippen molar-refractivity contribution in [2.45, 2.75) is 19.2 Å². The first-order valence-electron chi connectivity index (χ1n) is 8.01. The minimum absolute atomic E-state index is 0.134. The quantitative estimate of drug-likeness (QED) is 0.670. The number of ether oxygens (including phenoxy) is 2. The van der Waals surface area contributed by atoms with Crippen molar-refractivity contribution in [1.82, 2.24) is 19.7 Å². The zero-order valence-corrected chi connectivity index (χ0v) is 14.9. The van der Waals surface area contributed by atoms with Crippen LogP contribution in [0, 0.1) is 0 Å². The molecule has 6 nitrogen and oxygen atoms in total. The van der Waals surface area contributed by atoms with E-state index in [0.29, 0.717) is 11.3 Å². The lowest BCUT2D eigenvalue weighted by Gasteiger charge is -2.14. The molecule has 1 unspecified atom stereocenters. The van der Waals surface area contributed by atoms with Gasteiger partial charge >= 0.3 is 6.18 Å². The van der Waals surface area contributed by atoms with Gasteiger partial charge in [0, 0.05) is 18.9 Å². The summed E-state index contributed by atoms with van der Waals surface area (Å²) in [6.45, 7) is 1.71. The lowest BCUT2D eigenvalue weighted by molar-refractivity contribution is -0.137. The van der Waals surface area contributed by atoms with Crippen molar-refractivity contribution in [1.29, 1.82) is 0 Å². The van der Waals surface area contributed by atoms with E-state index in [4.69, 9.17) is 9.47 Å². The number of halogens is 3. The molecule has 0 aliphatic carbocycles. The Bertz CT molecular complexity index is 940. The molecule has 0 fully saturated rings. The van der Waals surface area contributed by atoms with E-state index in [2.05, 4.69) is 15.1 Å². The smallest absolute Gasteiger partial charge is 0.418 e. The molecular formula is C18H17F3N4O2. The van der Waals surface area contributed by atoms with Gasteiger partial charge in [-0.25, -0.2) is 9.67 Å². The first kappa shape index (κ1) is 18.8. The highest BCUT2D eigenvalue weighted by Gasteiger charge is 2.35. The van der Waals surface area contributed by atoms with E-state index in [1.165, 1.54) is 44.8 Å². The maximum Gasteiger partial charge on any atom is 0.418 e. The van der Waals surface area contributed by atoms with Gasteiger partial charge in [-0.1, -0.05) is 12.1 Å². The third kappa shape index (κ3) is 3.77. The molecule has 0 amide bonds. The number of aromatic nitrogens is 4. The number of pyridine rings is 1. The molecule has 1 aromatic carbocycles. The summed E-state index contributed by atoms with van der Waals surface area (Å²) in [5, 5.41) is 4.27. The van der Waals surface area contributed by atoms with Crippen LogP contribution in [0.5, 0.6) is 5.75 Å². The summed E-state index contributed by atoms with van der Waals surface area (Å²) >= 11 is 0. The van der Waals surface area contributed by atoms with Gasteiger partial charge in [0.1, 0.15) is 11.9 Å². The van der Waals surface area contributed by atoms with Crippen LogP contribution in [0.25, 0.3) is 17.1 Å². The number of rotatable bonds is 5. The summed E-state index contributed by atoms with van der Waals surface area (Å²) in [4.78, 5) is 8.44. The zero-order chi connectivity index (χ0) is 19.6. The fourth-order valence-electron chi connectivity index (χ4n) is 2.51. The van der Waals surface area contributed by atoms with Gasteiger partial charge < -0.3 is 9.47 Å². The molecule has 9 heteroatoms. The predicted octanol–water partition coefficient (Wildman–Crippen LogP) is 4.06. The molecule has 142 valence electrons. The van der Waals surface area contributed by atoms with E-state index in [1.807, 2.05) is 0 Å². The summed E-state index contributed by atoms with van der Waals surface area (Å²) in [6.07, 6.45) is -2.06. The lowest BCUT2D eigenvalue weighted by atomic mass is 10.1. The molecule has 0 aliphatic rings. The van der Waals surface area contributed by atoms with E-state index in [9.17, 15) is 13.2 Å². The highest BCUT2D eigenvalue weighted by molar-refractivity contribution is 5.60. The maximum atomic E-state index is 13.5. The molecule has 3 aromatic rings. The van der Waals surface area contributed by atoms with Gasteiger partial charge in [-0.05, 0) is 25.1 Å². The second kappa shape index (κ2) is 7.36. The van der Waals surface area contributed by atoms with Crippen LogP contribution < -0.4 is 4.74 Å². The van der Waals surface area contributed by atoms with Gasteiger partial charge in [-0.3, -0.25) is 4.98 Å². The van der Waals surface area contributed by atoms with Gasteiger partial charge in [-0.2, -0.15) is 13.2 Å². The summed E-state index contributed by atoms with van der Waals surface area (Å²) < 4.78 is 52.0. The van der Waals surface area contributed by atoms with Crippen LogP contribution in [0.2, 0.25) is 0 Å². The zero-order valence-electron chi connectivity index (χ0n) is 14.9. The van der Waals surface area contributed by atoms with Crippen molar-refractivity contribution in [3.05, 3.63) is 54.1 Å². The Morgan fingerprint density at radius 2 is 1.85 bits per heavy atom. The molecule has 2 heterocycles. The number of methoxy groups -OCH3 is 2. The van der Waals surface area contributed by atoms with E-state index in [1.54, 1.807) is 13.0 Å². The molecule has 0 saturated carbocycles. The Morgan fingerprint density at radius 3 is 2.52 bits per heavy atom. The minimum Gasteiger partial charge on any atom is -0.495 e. The molecule has 0 N–H and O–H groups in total. The van der Waals surface area contributed by atoms with Gasteiger partial charge in [0.15, 0.2) is 11.6 Å². The molecule has 1 atom stereocenters. The van der Waals surface area contributed by atoms with Crippen LogP contribution >= 0.6 is 0 Å². The Balaban J connectivity index is 2.25. The topological polar surface area (TPSA) is 62.1 Å². The Labute approximate surface area is 153 Å². The number of hydrogen-bond donors (Lipinski definition) is 0. The number of nitrogens with zero attached hydrogens (tertiary/aromatic N) is 4. The predicted molar refractivity (Wildman–Crippen MR) is 91.6 cm³/mol. The van der Waals surface area contributed by atoms with Crippen LogP contribution in [-0.2, 0) is 10.9 Å². The molecule has 0 bridgehead atoms. The van der Waals surface area contributed by atoms with Crippen molar-refractivity contribution in [2.24, 2.45) is 0 Å². The van der Waals surface area contributed by atoms with Gasteiger partial charge in [0.25, 0.3) is 0 Å². The molecule has 27 heavy (non-hydrogen) atoms. The molecule has 2 aromatic heterocycles. The van der Waals surface area contributed by atoms with Crippen molar-refractivity contribution in [3.8, 4) is 22.8 Å². The highest BCUT2D eigenvalue weighted by Crippen LogP contribution is 2.35. The molecule has 0 radical (unpaired) electrons. The van der Waals surface area contributed by atoms with Crippen LogP contribution in [-0.4, -0.2) is 34.0 Å². The van der Waals surface area contributed by atoms with E-state index in [-0.39, 0.29) is 17.3 Å². The first-order valence-corrected chi connectivity index (χ1v) is 8.01. The molecule has 0 saturated heterocycles. The van der Waals surface area contributed by atoms with Crippen molar-refractivity contribution >= 4 is 0 Å². The van der Waals surface area contributed by atoms with Crippen LogP contribution in [0.4, 0.5) is 13.2 Å². The number of hydrogen-bond acceptors (Lipinski definition) is 5. The van der Waals surface area contributed by atoms with E-state index < -0.39 is 17.8 Å². The summed E-state index contributed by atoms with van der Waals surface area (Å²) in [7, 11) is 2.95. The SMILES string of the molecule is COc1cncc(-c2nc(C(C)OC)nn2-c2ccccc2C(F)(F)F)c1. The first-order chi connectivity index (χ1) is 12.8. The Kier molecular flexibility index (Phi) is 5.13. The lowest BCUT2D eigenvalue weighted by Crippen LogP contribution is -2.12. The third-order valence-corrected chi connectivity index (χ3v) is 3.99. The Hall–Kier alpha value is -2.94.